The molecule has 1 aromatic rings. The second-order valence-electron chi connectivity index (χ2n) is 6.87. The van der Waals surface area contributed by atoms with E-state index in [1.807, 2.05) is 0 Å². The molecule has 0 aliphatic carbocycles. The normalized spacial score (nSPS) is 20.7. The summed E-state index contributed by atoms with van der Waals surface area (Å²) in [6.07, 6.45) is 0.451. The first-order chi connectivity index (χ1) is 13.6. The molecule has 2 N–H and O–H groups in total. The molecule has 2 heterocycles. The van der Waals surface area contributed by atoms with Crippen molar-refractivity contribution in [3.05, 3.63) is 18.2 Å². The quantitative estimate of drug-likeness (QED) is 0.651. The predicted octanol–water partition coefficient (Wildman–Crippen LogP) is 0.0378. The minimum Gasteiger partial charge on any atom is -0.492 e. The highest BCUT2D eigenvalue weighted by atomic mass is 32.2. The van der Waals surface area contributed by atoms with Gasteiger partial charge in [-0.15, -0.1) is 0 Å². The third-order valence-corrected chi connectivity index (χ3v) is 8.62. The molecule has 2 amide bonds. The molecule has 0 spiro atoms. The average molecular weight is 446 g/mol. The van der Waals surface area contributed by atoms with E-state index >= 15 is 0 Å². The van der Waals surface area contributed by atoms with Gasteiger partial charge in [-0.2, -0.15) is 4.31 Å². The maximum atomic E-state index is 13.2. The summed E-state index contributed by atoms with van der Waals surface area (Å²) in [5, 5.41) is 0. The van der Waals surface area contributed by atoms with Crippen LogP contribution in [0.1, 0.15) is 26.2 Å². The van der Waals surface area contributed by atoms with E-state index in [0.717, 1.165) is 6.07 Å². The summed E-state index contributed by atoms with van der Waals surface area (Å²) >= 11 is 0. The highest BCUT2D eigenvalue weighted by Crippen LogP contribution is 2.35. The monoisotopic (exact) mass is 445 g/mol. The number of carbonyl (C=O) groups is 2. The lowest BCUT2D eigenvalue weighted by Gasteiger charge is -2.30. The van der Waals surface area contributed by atoms with Crippen molar-refractivity contribution in [3.63, 3.8) is 0 Å². The van der Waals surface area contributed by atoms with Crippen LogP contribution in [-0.2, 0) is 29.6 Å². The van der Waals surface area contributed by atoms with Crippen molar-refractivity contribution < 1.29 is 31.2 Å². The van der Waals surface area contributed by atoms with E-state index < -0.39 is 31.9 Å². The van der Waals surface area contributed by atoms with Crippen LogP contribution in [0.2, 0.25) is 0 Å². The second-order valence-corrected chi connectivity index (χ2v) is 10.7. The van der Waals surface area contributed by atoms with E-state index in [0.29, 0.717) is 17.1 Å². The molecule has 3 rings (SSSR count). The van der Waals surface area contributed by atoms with Gasteiger partial charge in [-0.1, -0.05) is 0 Å². The van der Waals surface area contributed by atoms with Crippen LogP contribution in [-0.4, -0.2) is 58.4 Å². The van der Waals surface area contributed by atoms with Crippen LogP contribution in [0.3, 0.4) is 0 Å². The second kappa shape index (κ2) is 7.92. The fraction of sp³-hybridized carbons (Fsp3) is 0.529. The van der Waals surface area contributed by atoms with Gasteiger partial charge < -0.3 is 10.5 Å². The number of ether oxygens (including phenoxy) is 1. The van der Waals surface area contributed by atoms with E-state index in [1.165, 1.54) is 16.4 Å². The average Bonchev–Trinajstić information content (AvgIpc) is 2.95. The van der Waals surface area contributed by atoms with Gasteiger partial charge in [0.1, 0.15) is 10.6 Å². The molecule has 2 aliphatic rings. The number of benzene rings is 1. The number of rotatable bonds is 6. The SMILES string of the molecule is CCOc1ccc(N2C(=O)CCS2(=O)=O)cc1S(=O)(=O)N1CCC(C(N)=O)CC1. The maximum absolute atomic E-state index is 13.2. The third-order valence-electron chi connectivity index (χ3n) is 5.01. The predicted molar refractivity (Wildman–Crippen MR) is 104 cm³/mol. The van der Waals surface area contributed by atoms with Crippen LogP contribution in [0, 0.1) is 5.92 Å². The smallest absolute Gasteiger partial charge is 0.246 e. The Labute approximate surface area is 169 Å². The lowest BCUT2D eigenvalue weighted by atomic mass is 9.98. The molecule has 0 aromatic heterocycles. The topological polar surface area (TPSA) is 144 Å². The van der Waals surface area contributed by atoms with Crippen molar-refractivity contribution in [2.75, 3.05) is 29.8 Å². The molecule has 0 saturated carbocycles. The van der Waals surface area contributed by atoms with Crippen LogP contribution in [0.15, 0.2) is 23.1 Å². The Bertz CT molecular complexity index is 1030. The molecular formula is C17H23N3O7S2. The summed E-state index contributed by atoms with van der Waals surface area (Å²) in [5.74, 6) is -1.71. The molecule has 29 heavy (non-hydrogen) atoms. The summed E-state index contributed by atoms with van der Waals surface area (Å²) in [5.41, 5.74) is 5.26. The van der Waals surface area contributed by atoms with Crippen molar-refractivity contribution in [1.82, 2.24) is 4.31 Å². The molecule has 12 heteroatoms. The minimum atomic E-state index is -4.05. The molecule has 160 valence electrons. The van der Waals surface area contributed by atoms with E-state index in [2.05, 4.69) is 0 Å². The molecule has 0 radical (unpaired) electrons. The van der Waals surface area contributed by atoms with E-state index in [9.17, 15) is 26.4 Å². The van der Waals surface area contributed by atoms with Gasteiger partial charge in [0.05, 0.1) is 18.0 Å². The van der Waals surface area contributed by atoms with Crippen LogP contribution >= 0.6 is 0 Å². The van der Waals surface area contributed by atoms with Crippen molar-refractivity contribution >= 4 is 37.5 Å². The summed E-state index contributed by atoms with van der Waals surface area (Å²) in [6.45, 7) is 2.10. The molecule has 0 unspecified atom stereocenters. The standard InChI is InChI=1S/C17H23N3O7S2/c1-2-27-14-4-3-13(20-16(21)7-10-28(20,23)24)11-15(14)29(25,26)19-8-5-12(6-9-19)17(18)22/h3-4,11-12H,2,5-10H2,1H3,(H2,18,22). The highest BCUT2D eigenvalue weighted by molar-refractivity contribution is 7.94. The Morgan fingerprint density at radius 2 is 1.93 bits per heavy atom. The maximum Gasteiger partial charge on any atom is 0.246 e. The van der Waals surface area contributed by atoms with Gasteiger partial charge >= 0.3 is 0 Å². The zero-order valence-electron chi connectivity index (χ0n) is 15.9. The number of amides is 2. The van der Waals surface area contributed by atoms with Crippen LogP contribution in [0.4, 0.5) is 5.69 Å². The van der Waals surface area contributed by atoms with Gasteiger partial charge in [0.2, 0.25) is 31.9 Å². The van der Waals surface area contributed by atoms with E-state index in [4.69, 9.17) is 10.5 Å². The number of anilines is 1. The summed E-state index contributed by atoms with van der Waals surface area (Å²) in [4.78, 5) is 23.2. The Morgan fingerprint density at radius 1 is 1.28 bits per heavy atom. The van der Waals surface area contributed by atoms with E-state index in [1.54, 1.807) is 6.92 Å². The third kappa shape index (κ3) is 4.09. The molecule has 2 saturated heterocycles. The Balaban J connectivity index is 2.00. The van der Waals surface area contributed by atoms with Crippen LogP contribution in [0.5, 0.6) is 5.75 Å². The van der Waals surface area contributed by atoms with Crippen molar-refractivity contribution in [1.29, 1.82) is 0 Å². The lowest BCUT2D eigenvalue weighted by molar-refractivity contribution is -0.122. The molecule has 10 nitrogen and oxygen atoms in total. The number of primary amides is 1. The fourth-order valence-electron chi connectivity index (χ4n) is 3.49. The van der Waals surface area contributed by atoms with Gasteiger partial charge in [-0.3, -0.25) is 9.59 Å². The molecule has 2 fully saturated rings. The minimum absolute atomic E-state index is 0.0402. The number of piperidine rings is 1. The van der Waals surface area contributed by atoms with Crippen LogP contribution in [0.25, 0.3) is 0 Å². The van der Waals surface area contributed by atoms with Crippen molar-refractivity contribution in [3.8, 4) is 5.75 Å². The first kappa shape index (κ1) is 21.5. The van der Waals surface area contributed by atoms with Gasteiger partial charge in [0.25, 0.3) is 0 Å². The zero-order valence-corrected chi connectivity index (χ0v) is 17.5. The molecule has 1 aromatic carbocycles. The number of hydrogen-bond acceptors (Lipinski definition) is 7. The summed E-state index contributed by atoms with van der Waals surface area (Å²) in [6, 6.07) is 3.86. The van der Waals surface area contributed by atoms with Crippen molar-refractivity contribution in [2.45, 2.75) is 31.1 Å². The number of nitrogens with zero attached hydrogens (tertiary/aromatic N) is 2. The molecule has 0 atom stereocenters. The summed E-state index contributed by atoms with van der Waals surface area (Å²) < 4.78 is 58.2. The highest BCUT2D eigenvalue weighted by Gasteiger charge is 2.38. The number of nitrogens with two attached hydrogens (primary N) is 1. The van der Waals surface area contributed by atoms with E-state index in [-0.39, 0.29) is 54.1 Å². The molecule has 2 aliphatic heterocycles. The summed E-state index contributed by atoms with van der Waals surface area (Å²) in [7, 11) is -7.88. The van der Waals surface area contributed by atoms with Gasteiger partial charge in [0, 0.05) is 25.4 Å². The lowest BCUT2D eigenvalue weighted by Crippen LogP contribution is -2.41. The zero-order chi connectivity index (χ0) is 21.4. The molecular weight excluding hydrogens is 422 g/mol. The fourth-order valence-corrected chi connectivity index (χ4v) is 6.56. The van der Waals surface area contributed by atoms with Gasteiger partial charge in [-0.05, 0) is 38.0 Å². The number of hydrogen-bond donors (Lipinski definition) is 1. The number of carbonyl (C=O) groups excluding carboxylic acids is 2. The van der Waals surface area contributed by atoms with Gasteiger partial charge in [-0.25, -0.2) is 21.1 Å². The van der Waals surface area contributed by atoms with Crippen LogP contribution < -0.4 is 14.8 Å². The molecule has 0 bridgehead atoms. The first-order valence-electron chi connectivity index (χ1n) is 9.20. The van der Waals surface area contributed by atoms with Gasteiger partial charge in [0.15, 0.2) is 0 Å². The first-order valence-corrected chi connectivity index (χ1v) is 12.2. The largest absolute Gasteiger partial charge is 0.492 e. The Kier molecular flexibility index (Phi) is 5.88. The Morgan fingerprint density at radius 3 is 2.45 bits per heavy atom. The van der Waals surface area contributed by atoms with Crippen molar-refractivity contribution in [2.24, 2.45) is 11.7 Å². The Hall–Kier alpha value is -2.18. The number of sulfonamides is 2.